The summed E-state index contributed by atoms with van der Waals surface area (Å²) in [6, 6.07) is -0.676. The fourth-order valence-corrected chi connectivity index (χ4v) is 4.43. The van der Waals surface area contributed by atoms with Crippen LogP contribution in [-0.4, -0.2) is 33.3 Å². The quantitative estimate of drug-likeness (QED) is 0.599. The van der Waals surface area contributed by atoms with Crippen molar-refractivity contribution < 1.29 is 9.59 Å². The highest BCUT2D eigenvalue weighted by Crippen LogP contribution is 2.29. The molecule has 2 aromatic heterocycles. The number of carbonyl (C=O) groups is 2. The van der Waals surface area contributed by atoms with Crippen LogP contribution in [-0.2, 0) is 4.79 Å². The minimum atomic E-state index is -0.528. The number of thiophene rings is 1. The van der Waals surface area contributed by atoms with Gasteiger partial charge in [0.25, 0.3) is 5.56 Å². The molecular formula is C17H24N4O3S2. The molecule has 0 fully saturated rings. The molecule has 142 valence electrons. The second kappa shape index (κ2) is 8.22. The average molecular weight is 397 g/mol. The molecule has 26 heavy (non-hydrogen) atoms. The maximum absolute atomic E-state index is 12.9. The Morgan fingerprint density at radius 3 is 2.46 bits per heavy atom. The third-order valence-corrected chi connectivity index (χ3v) is 5.78. The molecule has 2 N–H and O–H groups in total. The van der Waals surface area contributed by atoms with Crippen LogP contribution in [0.25, 0.3) is 10.2 Å². The van der Waals surface area contributed by atoms with E-state index in [0.717, 1.165) is 22.2 Å². The van der Waals surface area contributed by atoms with E-state index < -0.39 is 11.9 Å². The summed E-state index contributed by atoms with van der Waals surface area (Å²) < 4.78 is 1.60. The molecule has 0 aliphatic rings. The van der Waals surface area contributed by atoms with Crippen molar-refractivity contribution in [1.29, 1.82) is 0 Å². The van der Waals surface area contributed by atoms with Gasteiger partial charge in [0.2, 0.25) is 5.91 Å². The van der Waals surface area contributed by atoms with Crippen LogP contribution in [0.2, 0.25) is 0 Å². The van der Waals surface area contributed by atoms with Crippen LogP contribution in [0.15, 0.2) is 9.95 Å². The zero-order chi connectivity index (χ0) is 19.6. The summed E-state index contributed by atoms with van der Waals surface area (Å²) in [6.07, 6.45) is 0. The molecule has 0 aliphatic heterocycles. The predicted molar refractivity (Wildman–Crippen MR) is 106 cm³/mol. The van der Waals surface area contributed by atoms with Crippen LogP contribution in [0.1, 0.15) is 44.2 Å². The lowest BCUT2D eigenvalue weighted by atomic mass is 10.2. The van der Waals surface area contributed by atoms with Crippen LogP contribution in [0, 0.1) is 13.8 Å². The second-order valence-electron chi connectivity index (χ2n) is 6.59. The Bertz CT molecular complexity index is 900. The minimum absolute atomic E-state index is 0.000475. The minimum Gasteiger partial charge on any atom is -0.336 e. The van der Waals surface area contributed by atoms with Gasteiger partial charge >= 0.3 is 6.03 Å². The lowest BCUT2D eigenvalue weighted by Gasteiger charge is -2.15. The first-order chi connectivity index (χ1) is 12.1. The monoisotopic (exact) mass is 396 g/mol. The molecule has 0 aromatic carbocycles. The molecular weight excluding hydrogens is 372 g/mol. The second-order valence-corrected chi connectivity index (χ2v) is 8.74. The Morgan fingerprint density at radius 1 is 1.23 bits per heavy atom. The van der Waals surface area contributed by atoms with E-state index in [-0.39, 0.29) is 23.4 Å². The van der Waals surface area contributed by atoms with Gasteiger partial charge in [-0.05, 0) is 47.1 Å². The molecule has 0 atom stereocenters. The predicted octanol–water partition coefficient (Wildman–Crippen LogP) is 2.98. The molecule has 0 aliphatic carbocycles. The number of urea groups is 1. The van der Waals surface area contributed by atoms with Gasteiger partial charge in [0.1, 0.15) is 4.83 Å². The average Bonchev–Trinajstić information content (AvgIpc) is 2.78. The Labute approximate surface area is 160 Å². The smallest absolute Gasteiger partial charge is 0.321 e. The summed E-state index contributed by atoms with van der Waals surface area (Å²) in [4.78, 5) is 42.9. The van der Waals surface area contributed by atoms with Crippen LogP contribution >= 0.6 is 23.1 Å². The van der Waals surface area contributed by atoms with Crippen molar-refractivity contribution in [2.24, 2.45) is 0 Å². The third kappa shape index (κ3) is 4.45. The molecule has 2 rings (SSSR count). The number of imide groups is 1. The van der Waals surface area contributed by atoms with E-state index in [1.54, 1.807) is 4.57 Å². The van der Waals surface area contributed by atoms with Crippen molar-refractivity contribution in [2.45, 2.75) is 58.8 Å². The highest BCUT2D eigenvalue weighted by Gasteiger charge is 2.19. The Balaban J connectivity index is 2.26. The van der Waals surface area contributed by atoms with Gasteiger partial charge in [0, 0.05) is 17.0 Å². The fourth-order valence-electron chi connectivity index (χ4n) is 2.44. The molecule has 3 amide bonds. The van der Waals surface area contributed by atoms with E-state index in [9.17, 15) is 14.4 Å². The summed E-state index contributed by atoms with van der Waals surface area (Å²) in [5, 5.41) is 6.00. The van der Waals surface area contributed by atoms with Gasteiger partial charge in [-0.2, -0.15) is 0 Å². The van der Waals surface area contributed by atoms with Gasteiger partial charge in [-0.1, -0.05) is 11.8 Å². The molecule has 0 saturated carbocycles. The van der Waals surface area contributed by atoms with Crippen LogP contribution in [0.3, 0.4) is 0 Å². The van der Waals surface area contributed by atoms with Gasteiger partial charge in [-0.3, -0.25) is 19.5 Å². The first-order valence-corrected chi connectivity index (χ1v) is 10.2. The number of hydrogen-bond donors (Lipinski definition) is 2. The SMILES string of the molecule is Cc1sc2nc(SCC(=O)NC(=O)NC(C)C)n(C(C)C)c(=O)c2c1C. The number of nitrogens with zero attached hydrogens (tertiary/aromatic N) is 2. The van der Waals surface area contributed by atoms with Gasteiger partial charge in [0.15, 0.2) is 5.16 Å². The summed E-state index contributed by atoms with van der Waals surface area (Å²) in [5.41, 5.74) is 0.865. The van der Waals surface area contributed by atoms with E-state index in [4.69, 9.17) is 0 Å². The number of hydrogen-bond acceptors (Lipinski definition) is 6. The maximum Gasteiger partial charge on any atom is 0.321 e. The summed E-state index contributed by atoms with van der Waals surface area (Å²) >= 11 is 2.63. The van der Waals surface area contributed by atoms with Crippen molar-refractivity contribution in [3.8, 4) is 0 Å². The zero-order valence-corrected chi connectivity index (χ0v) is 17.4. The topological polar surface area (TPSA) is 93.1 Å². The zero-order valence-electron chi connectivity index (χ0n) is 15.8. The van der Waals surface area contributed by atoms with Gasteiger partial charge in [0.05, 0.1) is 11.1 Å². The number of carbonyl (C=O) groups excluding carboxylic acids is 2. The Hall–Kier alpha value is -1.87. The van der Waals surface area contributed by atoms with Gasteiger partial charge in [-0.15, -0.1) is 11.3 Å². The number of amides is 3. The lowest BCUT2D eigenvalue weighted by Crippen LogP contribution is -2.43. The van der Waals surface area contributed by atoms with E-state index in [2.05, 4.69) is 15.6 Å². The van der Waals surface area contributed by atoms with Gasteiger partial charge in [-0.25, -0.2) is 9.78 Å². The van der Waals surface area contributed by atoms with Crippen LogP contribution in [0.4, 0.5) is 4.79 Å². The lowest BCUT2D eigenvalue weighted by molar-refractivity contribution is -0.117. The van der Waals surface area contributed by atoms with E-state index in [0.29, 0.717) is 15.4 Å². The first kappa shape index (κ1) is 20.4. The van der Waals surface area contributed by atoms with Crippen molar-refractivity contribution in [2.75, 3.05) is 5.75 Å². The number of rotatable bonds is 5. The van der Waals surface area contributed by atoms with Gasteiger partial charge < -0.3 is 5.32 Å². The molecule has 2 aromatic rings. The molecule has 0 spiro atoms. The number of aryl methyl sites for hydroxylation is 2. The molecule has 2 heterocycles. The van der Waals surface area contributed by atoms with Crippen LogP contribution in [0.5, 0.6) is 0 Å². The summed E-state index contributed by atoms with van der Waals surface area (Å²) in [7, 11) is 0. The Kier molecular flexibility index (Phi) is 6.46. The summed E-state index contributed by atoms with van der Waals surface area (Å²) in [6.45, 7) is 11.3. The normalized spacial score (nSPS) is 11.4. The largest absolute Gasteiger partial charge is 0.336 e. The number of thioether (sulfide) groups is 1. The van der Waals surface area contributed by atoms with Crippen molar-refractivity contribution in [3.05, 3.63) is 20.8 Å². The molecule has 0 unspecified atom stereocenters. The van der Waals surface area contributed by atoms with E-state index >= 15 is 0 Å². The number of aromatic nitrogens is 2. The number of nitrogens with one attached hydrogen (secondary N) is 2. The molecule has 0 saturated heterocycles. The fraction of sp³-hybridized carbons (Fsp3) is 0.529. The maximum atomic E-state index is 12.9. The van der Waals surface area contributed by atoms with E-state index in [1.807, 2.05) is 41.5 Å². The number of fused-ring (bicyclic) bond motifs is 1. The first-order valence-electron chi connectivity index (χ1n) is 8.37. The van der Waals surface area contributed by atoms with Crippen molar-refractivity contribution >= 4 is 45.3 Å². The third-order valence-electron chi connectivity index (χ3n) is 3.72. The molecule has 0 radical (unpaired) electrons. The molecule has 7 nitrogen and oxygen atoms in total. The molecule has 0 bridgehead atoms. The Morgan fingerprint density at radius 2 is 1.88 bits per heavy atom. The van der Waals surface area contributed by atoms with E-state index in [1.165, 1.54) is 11.3 Å². The summed E-state index contributed by atoms with van der Waals surface area (Å²) in [5.74, 6) is -0.434. The molecule has 9 heteroatoms. The highest BCUT2D eigenvalue weighted by atomic mass is 32.2. The van der Waals surface area contributed by atoms with Crippen LogP contribution < -0.4 is 16.2 Å². The highest BCUT2D eigenvalue weighted by molar-refractivity contribution is 7.99. The van der Waals surface area contributed by atoms with Crippen molar-refractivity contribution in [1.82, 2.24) is 20.2 Å². The van der Waals surface area contributed by atoms with Crippen molar-refractivity contribution in [3.63, 3.8) is 0 Å². The standard InChI is InChI=1S/C17H24N4O3S2/c1-8(2)18-16(24)19-12(22)7-25-17-20-14-13(10(5)11(6)26-14)15(23)21(17)9(3)4/h8-9H,7H2,1-6H3,(H2,18,19,22,24).